The zero-order valence-corrected chi connectivity index (χ0v) is 15.3. The van der Waals surface area contributed by atoms with Gasteiger partial charge >= 0.3 is 0 Å². The van der Waals surface area contributed by atoms with Gasteiger partial charge in [-0.15, -0.1) is 0 Å². The summed E-state index contributed by atoms with van der Waals surface area (Å²) >= 11 is 5.93. The smallest absolute Gasteiger partial charge is 0.270 e. The molecule has 0 radical (unpaired) electrons. The third kappa shape index (κ3) is 5.71. The molecule has 0 aliphatic rings. The second kappa shape index (κ2) is 8.15. The topological polar surface area (TPSA) is 118 Å². The fourth-order valence-corrected chi connectivity index (χ4v) is 2.98. The number of nitro benzene ring substituents is 1. The number of rotatable bonds is 7. The fraction of sp³-hybridized carbons (Fsp3) is 0.188. The quantitative estimate of drug-likeness (QED) is 0.549. The van der Waals surface area contributed by atoms with Crippen LogP contribution in [0.1, 0.15) is 15.9 Å². The van der Waals surface area contributed by atoms with E-state index in [-0.39, 0.29) is 22.8 Å². The highest BCUT2D eigenvalue weighted by atomic mass is 35.5. The number of carbonyl (C=O) groups is 1. The maximum absolute atomic E-state index is 12.2. The number of carbonyl (C=O) groups excluding carboxylic acids is 1. The van der Waals surface area contributed by atoms with E-state index in [1.54, 1.807) is 24.3 Å². The summed E-state index contributed by atoms with van der Waals surface area (Å²) in [7, 11) is -3.37. The summed E-state index contributed by atoms with van der Waals surface area (Å²) in [4.78, 5) is 22.4. The van der Waals surface area contributed by atoms with Crippen LogP contribution < -0.4 is 10.0 Å². The number of nitrogens with zero attached hydrogens (tertiary/aromatic N) is 1. The Morgan fingerprint density at radius 2 is 1.96 bits per heavy atom. The largest absolute Gasteiger partial charge is 0.352 e. The van der Waals surface area contributed by atoms with Gasteiger partial charge in [-0.3, -0.25) is 19.6 Å². The summed E-state index contributed by atoms with van der Waals surface area (Å²) in [5, 5.41) is 13.6. The molecule has 0 atom stereocenters. The van der Waals surface area contributed by atoms with Crippen LogP contribution >= 0.6 is 11.6 Å². The number of nitro groups is 1. The Morgan fingerprint density at radius 3 is 2.62 bits per heavy atom. The Kier molecular flexibility index (Phi) is 6.17. The summed E-state index contributed by atoms with van der Waals surface area (Å²) in [6.07, 6.45) is 1.50. The number of non-ortho nitro benzene ring substituents is 1. The number of sulfonamides is 1. The molecule has 0 spiro atoms. The van der Waals surface area contributed by atoms with Gasteiger partial charge in [-0.2, -0.15) is 0 Å². The van der Waals surface area contributed by atoms with Gasteiger partial charge in [0.1, 0.15) is 0 Å². The molecule has 138 valence electrons. The molecule has 26 heavy (non-hydrogen) atoms. The number of halogens is 1. The van der Waals surface area contributed by atoms with Crippen LogP contribution in [-0.2, 0) is 16.4 Å². The van der Waals surface area contributed by atoms with Crippen molar-refractivity contribution in [3.63, 3.8) is 0 Å². The monoisotopic (exact) mass is 397 g/mol. The van der Waals surface area contributed by atoms with Gasteiger partial charge in [0.25, 0.3) is 11.6 Å². The first-order valence-corrected chi connectivity index (χ1v) is 9.71. The number of nitrogens with one attached hydrogen (secondary N) is 2. The molecule has 2 aromatic carbocycles. The minimum Gasteiger partial charge on any atom is -0.352 e. The molecule has 0 bridgehead atoms. The molecule has 2 N–H and O–H groups in total. The first kappa shape index (κ1) is 19.7. The van der Waals surface area contributed by atoms with Gasteiger partial charge in [-0.1, -0.05) is 23.7 Å². The third-order valence-corrected chi connectivity index (χ3v) is 4.27. The van der Waals surface area contributed by atoms with E-state index < -0.39 is 20.9 Å². The molecule has 0 saturated heterocycles. The fourth-order valence-electron chi connectivity index (χ4n) is 2.22. The minimum atomic E-state index is -3.37. The van der Waals surface area contributed by atoms with E-state index in [4.69, 9.17) is 11.6 Å². The van der Waals surface area contributed by atoms with Crippen molar-refractivity contribution in [2.45, 2.75) is 6.42 Å². The number of hydrogen-bond donors (Lipinski definition) is 2. The predicted octanol–water partition coefficient (Wildman–Crippen LogP) is 2.59. The Morgan fingerprint density at radius 1 is 1.23 bits per heavy atom. The molecule has 0 unspecified atom stereocenters. The highest BCUT2D eigenvalue weighted by Crippen LogP contribution is 2.22. The van der Waals surface area contributed by atoms with Crippen molar-refractivity contribution in [2.24, 2.45) is 0 Å². The average Bonchev–Trinajstić information content (AvgIpc) is 2.53. The predicted molar refractivity (Wildman–Crippen MR) is 99.1 cm³/mol. The molecule has 0 fully saturated rings. The van der Waals surface area contributed by atoms with Crippen molar-refractivity contribution < 1.29 is 18.1 Å². The van der Waals surface area contributed by atoms with Crippen molar-refractivity contribution in [1.29, 1.82) is 0 Å². The first-order valence-electron chi connectivity index (χ1n) is 7.44. The van der Waals surface area contributed by atoms with Crippen molar-refractivity contribution in [1.82, 2.24) is 5.32 Å². The lowest BCUT2D eigenvalue weighted by atomic mass is 10.1. The molecule has 0 aliphatic heterocycles. The van der Waals surface area contributed by atoms with Crippen molar-refractivity contribution in [2.75, 3.05) is 17.5 Å². The van der Waals surface area contributed by atoms with E-state index in [9.17, 15) is 23.3 Å². The molecule has 1 amide bonds. The van der Waals surface area contributed by atoms with Crippen LogP contribution in [0.3, 0.4) is 0 Å². The Hall–Kier alpha value is -2.65. The molecule has 0 aromatic heterocycles. The molecular weight excluding hydrogens is 382 g/mol. The number of anilines is 1. The van der Waals surface area contributed by atoms with Gasteiger partial charge in [0, 0.05) is 24.4 Å². The average molecular weight is 398 g/mol. The molecule has 0 heterocycles. The van der Waals surface area contributed by atoms with Gasteiger partial charge in [-0.25, -0.2) is 8.42 Å². The lowest BCUT2D eigenvalue weighted by Gasteiger charge is -2.09. The van der Waals surface area contributed by atoms with Crippen molar-refractivity contribution >= 4 is 38.9 Å². The van der Waals surface area contributed by atoms with Crippen LogP contribution in [0.25, 0.3) is 0 Å². The zero-order valence-electron chi connectivity index (χ0n) is 13.7. The molecule has 2 aromatic rings. The minimum absolute atomic E-state index is 0.0216. The van der Waals surface area contributed by atoms with Gasteiger partial charge in [0.2, 0.25) is 10.0 Å². The number of hydrogen-bond acceptors (Lipinski definition) is 5. The maximum atomic E-state index is 12.2. The van der Waals surface area contributed by atoms with E-state index in [0.717, 1.165) is 17.9 Å². The standard InChI is InChI=1S/C16H16ClN3O5S/c1-26(24,25)19-12-4-2-3-11(9-12)7-8-18-16(21)14-10-13(20(22)23)5-6-15(14)17/h2-6,9-10,19H,7-8H2,1H3,(H,18,21). The lowest BCUT2D eigenvalue weighted by molar-refractivity contribution is -0.384. The van der Waals surface area contributed by atoms with Crippen LogP contribution in [0.15, 0.2) is 42.5 Å². The second-order valence-corrected chi connectivity index (χ2v) is 7.66. The highest BCUT2D eigenvalue weighted by Gasteiger charge is 2.15. The summed E-state index contributed by atoms with van der Waals surface area (Å²) < 4.78 is 24.9. The Balaban J connectivity index is 2.00. The van der Waals surface area contributed by atoms with Crippen LogP contribution in [0.4, 0.5) is 11.4 Å². The summed E-state index contributed by atoms with van der Waals surface area (Å²) in [6, 6.07) is 10.4. The van der Waals surface area contributed by atoms with Crippen molar-refractivity contribution in [3.8, 4) is 0 Å². The van der Waals surface area contributed by atoms with Gasteiger partial charge in [-0.05, 0) is 30.2 Å². The third-order valence-electron chi connectivity index (χ3n) is 3.33. The van der Waals surface area contributed by atoms with Gasteiger partial charge < -0.3 is 5.32 Å². The van der Waals surface area contributed by atoms with Crippen LogP contribution in [-0.4, -0.2) is 32.0 Å². The summed E-state index contributed by atoms with van der Waals surface area (Å²) in [5.74, 6) is -0.524. The Labute approximate surface area is 155 Å². The molecule has 0 saturated carbocycles. The van der Waals surface area contributed by atoms with Gasteiger partial charge in [0.05, 0.1) is 21.8 Å². The maximum Gasteiger partial charge on any atom is 0.270 e. The first-order chi connectivity index (χ1) is 12.2. The number of amides is 1. The second-order valence-electron chi connectivity index (χ2n) is 5.50. The summed E-state index contributed by atoms with van der Waals surface area (Å²) in [5.41, 5.74) is 1.04. The van der Waals surface area contributed by atoms with E-state index in [1.807, 2.05) is 0 Å². The summed E-state index contributed by atoms with van der Waals surface area (Å²) in [6.45, 7) is 0.250. The lowest BCUT2D eigenvalue weighted by Crippen LogP contribution is -2.26. The molecule has 10 heteroatoms. The molecule has 0 aliphatic carbocycles. The van der Waals surface area contributed by atoms with E-state index in [1.165, 1.54) is 12.1 Å². The SMILES string of the molecule is CS(=O)(=O)Nc1cccc(CCNC(=O)c2cc([N+](=O)[O-])ccc2Cl)c1. The molecule has 8 nitrogen and oxygen atoms in total. The normalized spacial score (nSPS) is 11.0. The zero-order chi connectivity index (χ0) is 19.3. The molecular formula is C16H16ClN3O5S. The van der Waals surface area contributed by atoms with E-state index in [2.05, 4.69) is 10.0 Å². The van der Waals surface area contributed by atoms with Crippen LogP contribution in [0, 0.1) is 10.1 Å². The Bertz CT molecular complexity index is 947. The van der Waals surface area contributed by atoms with E-state index >= 15 is 0 Å². The number of benzene rings is 2. The highest BCUT2D eigenvalue weighted by molar-refractivity contribution is 7.92. The van der Waals surface area contributed by atoms with Crippen molar-refractivity contribution in [3.05, 3.63) is 68.7 Å². The van der Waals surface area contributed by atoms with Crippen LogP contribution in [0.2, 0.25) is 5.02 Å². The van der Waals surface area contributed by atoms with E-state index in [0.29, 0.717) is 12.1 Å². The van der Waals surface area contributed by atoms with Gasteiger partial charge in [0.15, 0.2) is 0 Å². The van der Waals surface area contributed by atoms with Crippen LogP contribution in [0.5, 0.6) is 0 Å². The molecule has 2 rings (SSSR count).